The molecule has 1 aromatic carbocycles. The monoisotopic (exact) mass is 383 g/mol. The maximum Gasteiger partial charge on any atom is 0.257 e. The zero-order valence-electron chi connectivity index (χ0n) is 15.1. The molecule has 1 atom stereocenters. The fourth-order valence-electron chi connectivity index (χ4n) is 3.31. The van der Waals surface area contributed by atoms with Crippen molar-refractivity contribution in [2.75, 3.05) is 19.7 Å². The summed E-state index contributed by atoms with van der Waals surface area (Å²) in [6.07, 6.45) is 1.86. The summed E-state index contributed by atoms with van der Waals surface area (Å²) < 4.78 is 11.3. The van der Waals surface area contributed by atoms with Crippen molar-refractivity contribution in [1.82, 2.24) is 15.1 Å². The van der Waals surface area contributed by atoms with Crippen LogP contribution in [0.3, 0.4) is 0 Å². The van der Waals surface area contributed by atoms with E-state index in [9.17, 15) is 4.79 Å². The molecule has 140 valence electrons. The number of carbonyl (C=O) groups is 1. The van der Waals surface area contributed by atoms with E-state index in [-0.39, 0.29) is 11.8 Å². The van der Waals surface area contributed by atoms with E-state index < -0.39 is 0 Å². The average molecular weight is 383 g/mol. The van der Waals surface area contributed by atoms with Crippen LogP contribution in [0.4, 0.5) is 0 Å². The van der Waals surface area contributed by atoms with E-state index in [1.54, 1.807) is 11.3 Å². The van der Waals surface area contributed by atoms with Crippen molar-refractivity contribution in [3.8, 4) is 16.5 Å². The smallest absolute Gasteiger partial charge is 0.257 e. The Morgan fingerprint density at radius 2 is 2.15 bits per heavy atom. The number of rotatable bonds is 5. The molecule has 2 aromatic heterocycles. The van der Waals surface area contributed by atoms with Crippen LogP contribution in [0, 0.1) is 0 Å². The predicted octanol–water partition coefficient (Wildman–Crippen LogP) is 4.22. The van der Waals surface area contributed by atoms with E-state index in [4.69, 9.17) is 9.15 Å². The average Bonchev–Trinajstić information content (AvgIpc) is 3.40. The van der Waals surface area contributed by atoms with E-state index in [1.807, 2.05) is 53.6 Å². The highest BCUT2D eigenvalue weighted by atomic mass is 32.1. The minimum Gasteiger partial charge on any atom is -0.494 e. The van der Waals surface area contributed by atoms with Gasteiger partial charge in [0.15, 0.2) is 0 Å². The van der Waals surface area contributed by atoms with Gasteiger partial charge in [0.25, 0.3) is 11.8 Å². The predicted molar refractivity (Wildman–Crippen MR) is 103 cm³/mol. The molecule has 0 spiro atoms. The first-order chi connectivity index (χ1) is 13.2. The van der Waals surface area contributed by atoms with Gasteiger partial charge in [-0.25, -0.2) is 0 Å². The number of aromatic nitrogens is 2. The summed E-state index contributed by atoms with van der Waals surface area (Å²) in [7, 11) is 0. The number of likely N-dealkylation sites (tertiary alicyclic amines) is 1. The van der Waals surface area contributed by atoms with Crippen molar-refractivity contribution < 1.29 is 13.9 Å². The maximum absolute atomic E-state index is 12.9. The first-order valence-corrected chi connectivity index (χ1v) is 10.0. The summed E-state index contributed by atoms with van der Waals surface area (Å²) in [4.78, 5) is 15.7. The van der Waals surface area contributed by atoms with Crippen molar-refractivity contribution >= 4 is 17.2 Å². The van der Waals surface area contributed by atoms with E-state index >= 15 is 0 Å². The summed E-state index contributed by atoms with van der Waals surface area (Å²) in [5.74, 6) is 2.04. The molecule has 27 heavy (non-hydrogen) atoms. The van der Waals surface area contributed by atoms with Crippen LogP contribution in [-0.2, 0) is 0 Å². The first kappa shape index (κ1) is 17.7. The molecule has 1 aliphatic heterocycles. The minimum absolute atomic E-state index is 0.0285. The molecule has 0 aliphatic carbocycles. The minimum atomic E-state index is 0.0285. The van der Waals surface area contributed by atoms with Crippen LogP contribution in [0.25, 0.3) is 10.8 Å². The molecule has 0 radical (unpaired) electrons. The van der Waals surface area contributed by atoms with Crippen molar-refractivity contribution in [1.29, 1.82) is 0 Å². The molecule has 1 fully saturated rings. The highest BCUT2D eigenvalue weighted by Gasteiger charge is 2.29. The molecule has 1 saturated heterocycles. The van der Waals surface area contributed by atoms with Crippen LogP contribution in [-0.4, -0.2) is 40.7 Å². The van der Waals surface area contributed by atoms with Crippen LogP contribution in [0.5, 0.6) is 5.75 Å². The second-order valence-electron chi connectivity index (χ2n) is 6.47. The Kier molecular flexibility index (Phi) is 5.20. The zero-order valence-corrected chi connectivity index (χ0v) is 15.9. The van der Waals surface area contributed by atoms with Gasteiger partial charge in [-0.3, -0.25) is 4.79 Å². The first-order valence-electron chi connectivity index (χ1n) is 9.14. The highest BCUT2D eigenvalue weighted by Crippen LogP contribution is 2.30. The third-order valence-corrected chi connectivity index (χ3v) is 5.50. The lowest BCUT2D eigenvalue weighted by Gasteiger charge is -2.31. The molecule has 0 bridgehead atoms. The van der Waals surface area contributed by atoms with Gasteiger partial charge < -0.3 is 14.1 Å². The van der Waals surface area contributed by atoms with E-state index in [0.29, 0.717) is 30.5 Å². The summed E-state index contributed by atoms with van der Waals surface area (Å²) >= 11 is 1.57. The number of carbonyl (C=O) groups excluding carboxylic acids is 1. The van der Waals surface area contributed by atoms with Gasteiger partial charge in [-0.2, -0.15) is 0 Å². The molecule has 6 nitrogen and oxygen atoms in total. The zero-order chi connectivity index (χ0) is 18.6. The van der Waals surface area contributed by atoms with Crippen molar-refractivity contribution in [3.63, 3.8) is 0 Å². The second-order valence-corrected chi connectivity index (χ2v) is 7.42. The number of benzene rings is 1. The molecule has 1 amide bonds. The highest BCUT2D eigenvalue weighted by molar-refractivity contribution is 7.13. The lowest BCUT2D eigenvalue weighted by atomic mass is 9.97. The fourth-order valence-corrected chi connectivity index (χ4v) is 3.95. The van der Waals surface area contributed by atoms with Crippen LogP contribution >= 0.6 is 11.3 Å². The molecule has 7 heteroatoms. The van der Waals surface area contributed by atoms with Crippen molar-refractivity contribution in [2.45, 2.75) is 25.7 Å². The summed E-state index contributed by atoms with van der Waals surface area (Å²) in [6.45, 7) is 3.89. The molecule has 1 unspecified atom stereocenters. The Balaban J connectivity index is 1.45. The molecule has 0 saturated carbocycles. The van der Waals surface area contributed by atoms with Gasteiger partial charge >= 0.3 is 0 Å². The molecule has 1 aliphatic rings. The van der Waals surface area contributed by atoms with Crippen LogP contribution in [0.15, 0.2) is 46.2 Å². The standard InChI is InChI=1S/C20H21N3O3S/c1-2-25-16-9-7-14(8-10-16)20(24)23-11-3-5-15(13-23)18-21-22-19(26-18)17-6-4-12-27-17/h4,6-10,12,15H,2-3,5,11,13H2,1H3. The van der Waals surface area contributed by atoms with E-state index in [2.05, 4.69) is 10.2 Å². The molecule has 3 heterocycles. The molecular formula is C20H21N3O3S. The van der Waals surface area contributed by atoms with Gasteiger partial charge in [-0.05, 0) is 55.5 Å². The number of thiophene rings is 1. The number of piperidine rings is 1. The summed E-state index contributed by atoms with van der Waals surface area (Å²) in [6, 6.07) is 11.2. The Bertz CT molecular complexity index is 890. The van der Waals surface area contributed by atoms with Crippen LogP contribution < -0.4 is 4.74 Å². The van der Waals surface area contributed by atoms with Crippen LogP contribution in [0.1, 0.15) is 41.9 Å². The van der Waals surface area contributed by atoms with Gasteiger partial charge in [-0.15, -0.1) is 21.5 Å². The molecule has 0 N–H and O–H groups in total. The lowest BCUT2D eigenvalue weighted by Crippen LogP contribution is -2.39. The van der Waals surface area contributed by atoms with Gasteiger partial charge in [0.1, 0.15) is 5.75 Å². The summed E-state index contributed by atoms with van der Waals surface area (Å²) in [5.41, 5.74) is 0.670. The van der Waals surface area contributed by atoms with Crippen molar-refractivity contribution in [3.05, 3.63) is 53.2 Å². The fraction of sp³-hybridized carbons (Fsp3) is 0.350. The Morgan fingerprint density at radius 3 is 2.89 bits per heavy atom. The number of amides is 1. The van der Waals surface area contributed by atoms with E-state index in [1.165, 1.54) is 0 Å². The third-order valence-electron chi connectivity index (χ3n) is 4.64. The Hall–Kier alpha value is -2.67. The Labute approximate surface area is 161 Å². The van der Waals surface area contributed by atoms with Gasteiger partial charge in [0.05, 0.1) is 17.4 Å². The van der Waals surface area contributed by atoms with Gasteiger partial charge in [0, 0.05) is 18.7 Å². The van der Waals surface area contributed by atoms with Crippen molar-refractivity contribution in [2.24, 2.45) is 0 Å². The largest absolute Gasteiger partial charge is 0.494 e. The lowest BCUT2D eigenvalue weighted by molar-refractivity contribution is 0.0698. The second kappa shape index (κ2) is 7.92. The van der Waals surface area contributed by atoms with E-state index in [0.717, 1.165) is 30.0 Å². The maximum atomic E-state index is 12.9. The molecular weight excluding hydrogens is 362 g/mol. The Morgan fingerprint density at radius 1 is 1.30 bits per heavy atom. The normalized spacial score (nSPS) is 17.1. The number of hydrogen-bond acceptors (Lipinski definition) is 6. The quantitative estimate of drug-likeness (QED) is 0.660. The topological polar surface area (TPSA) is 68.5 Å². The molecule has 3 aromatic rings. The SMILES string of the molecule is CCOc1ccc(C(=O)N2CCCC(c3nnc(-c4cccs4)o3)C2)cc1. The number of hydrogen-bond donors (Lipinski definition) is 0. The number of ether oxygens (including phenoxy) is 1. The van der Waals surface area contributed by atoms with Crippen LogP contribution in [0.2, 0.25) is 0 Å². The third kappa shape index (κ3) is 3.88. The summed E-state index contributed by atoms with van der Waals surface area (Å²) in [5, 5.41) is 10.4. The number of nitrogens with zero attached hydrogens (tertiary/aromatic N) is 3. The molecule has 4 rings (SSSR count). The van der Waals surface area contributed by atoms with Gasteiger partial charge in [0.2, 0.25) is 5.89 Å². The van der Waals surface area contributed by atoms with Gasteiger partial charge in [-0.1, -0.05) is 6.07 Å².